The maximum absolute atomic E-state index is 12.2. The normalized spacial score (nSPS) is 10.7. The van der Waals surface area contributed by atoms with Gasteiger partial charge >= 0.3 is 0 Å². The second-order valence-corrected chi connectivity index (χ2v) is 5.47. The van der Waals surface area contributed by atoms with Crippen molar-refractivity contribution in [3.8, 4) is 17.0 Å². The summed E-state index contributed by atoms with van der Waals surface area (Å²) in [7, 11) is 1.62. The van der Waals surface area contributed by atoms with Crippen LogP contribution in [0.5, 0.6) is 5.75 Å². The Kier molecular flexibility index (Phi) is 4.83. The molecule has 3 rings (SSSR count). The van der Waals surface area contributed by atoms with Crippen molar-refractivity contribution in [2.75, 3.05) is 7.11 Å². The minimum atomic E-state index is -0.327. The van der Waals surface area contributed by atoms with Crippen LogP contribution in [0, 0.1) is 6.92 Å². The van der Waals surface area contributed by atoms with Crippen LogP contribution < -0.4 is 10.1 Å². The monoisotopic (exact) mass is 341 g/mol. The molecule has 0 unspecified atom stereocenters. The van der Waals surface area contributed by atoms with E-state index in [-0.39, 0.29) is 18.2 Å². The topological polar surface area (TPSA) is 90.4 Å². The Bertz CT molecular complexity index is 865. The molecule has 130 valence electrons. The lowest BCUT2D eigenvalue weighted by Gasteiger charge is -2.00. The summed E-state index contributed by atoms with van der Waals surface area (Å²) in [5, 5.41) is 6.77. The molecule has 1 N–H and O–H groups in total. The van der Waals surface area contributed by atoms with Crippen molar-refractivity contribution in [2.45, 2.75) is 26.8 Å². The average Bonchev–Trinajstić information content (AvgIpc) is 3.26. The summed E-state index contributed by atoms with van der Waals surface area (Å²) in [5.41, 5.74) is 2.17. The van der Waals surface area contributed by atoms with Gasteiger partial charge in [-0.2, -0.15) is 0 Å². The zero-order valence-corrected chi connectivity index (χ0v) is 14.3. The van der Waals surface area contributed by atoms with E-state index in [0.717, 1.165) is 11.3 Å². The van der Waals surface area contributed by atoms with Gasteiger partial charge in [-0.05, 0) is 31.2 Å². The van der Waals surface area contributed by atoms with Gasteiger partial charge in [-0.15, -0.1) is 0 Å². The Labute approximate surface area is 145 Å². The predicted molar refractivity (Wildman–Crippen MR) is 90.3 cm³/mol. The average molecular weight is 341 g/mol. The van der Waals surface area contributed by atoms with Crippen LogP contribution >= 0.6 is 0 Å². The Morgan fingerprint density at radius 1 is 1.28 bits per heavy atom. The molecule has 0 fully saturated rings. The number of rotatable bonds is 6. The minimum absolute atomic E-state index is 0.212. The second-order valence-electron chi connectivity index (χ2n) is 5.47. The number of carbonyl (C=O) groups is 1. The molecular weight excluding hydrogens is 322 g/mol. The van der Waals surface area contributed by atoms with Gasteiger partial charge in [0.05, 0.1) is 19.3 Å². The number of oxazole rings is 1. The van der Waals surface area contributed by atoms with Gasteiger partial charge in [-0.1, -0.05) is 12.1 Å². The summed E-state index contributed by atoms with van der Waals surface area (Å²) in [6.45, 7) is 3.87. The predicted octanol–water partition coefficient (Wildman–Crippen LogP) is 3.14. The number of hydrogen-bond donors (Lipinski definition) is 1. The highest BCUT2D eigenvalue weighted by molar-refractivity contribution is 5.92. The van der Waals surface area contributed by atoms with Crippen LogP contribution in [0.1, 0.15) is 34.8 Å². The number of ether oxygens (including phenoxy) is 1. The molecule has 1 aromatic carbocycles. The number of amides is 1. The summed E-state index contributed by atoms with van der Waals surface area (Å²) < 4.78 is 15.8. The van der Waals surface area contributed by atoms with Crippen molar-refractivity contribution in [3.63, 3.8) is 0 Å². The van der Waals surface area contributed by atoms with Gasteiger partial charge in [0.1, 0.15) is 11.4 Å². The minimum Gasteiger partial charge on any atom is -0.497 e. The van der Waals surface area contributed by atoms with Crippen LogP contribution in [0.15, 0.2) is 39.3 Å². The fourth-order valence-electron chi connectivity index (χ4n) is 2.36. The molecule has 2 heterocycles. The lowest BCUT2D eigenvalue weighted by molar-refractivity contribution is 0.0916. The molecular formula is C18H19N3O4. The van der Waals surface area contributed by atoms with Crippen molar-refractivity contribution in [1.29, 1.82) is 0 Å². The Morgan fingerprint density at radius 2 is 2.04 bits per heavy atom. The van der Waals surface area contributed by atoms with Crippen molar-refractivity contribution in [3.05, 3.63) is 53.4 Å². The molecule has 0 saturated heterocycles. The standard InChI is InChI=1S/C18H19N3O4/c1-4-16-20-11(2)17(24-16)18(22)19-10-14-9-15(21-25-14)12-5-7-13(23-3)8-6-12/h5-9H,4,10H2,1-3H3,(H,19,22). The fraction of sp³-hybridized carbons (Fsp3) is 0.278. The quantitative estimate of drug-likeness (QED) is 0.741. The molecule has 0 radical (unpaired) electrons. The molecule has 0 aliphatic heterocycles. The molecule has 0 bridgehead atoms. The van der Waals surface area contributed by atoms with E-state index >= 15 is 0 Å². The highest BCUT2D eigenvalue weighted by Gasteiger charge is 2.17. The maximum atomic E-state index is 12.2. The highest BCUT2D eigenvalue weighted by atomic mass is 16.5. The molecule has 1 amide bonds. The first-order chi connectivity index (χ1) is 12.1. The van der Waals surface area contributed by atoms with Crippen LogP contribution in [0.2, 0.25) is 0 Å². The van der Waals surface area contributed by atoms with Crippen LogP contribution in [0.3, 0.4) is 0 Å². The first-order valence-electron chi connectivity index (χ1n) is 7.95. The van der Waals surface area contributed by atoms with E-state index in [1.165, 1.54) is 0 Å². The molecule has 7 nitrogen and oxygen atoms in total. The van der Waals surface area contributed by atoms with Gasteiger partial charge in [0, 0.05) is 18.1 Å². The van der Waals surface area contributed by atoms with Gasteiger partial charge in [0.15, 0.2) is 11.7 Å². The van der Waals surface area contributed by atoms with Gasteiger partial charge in [-0.3, -0.25) is 4.79 Å². The summed E-state index contributed by atoms with van der Waals surface area (Å²) in [6, 6.07) is 9.27. The third kappa shape index (κ3) is 3.71. The maximum Gasteiger partial charge on any atom is 0.289 e. The van der Waals surface area contributed by atoms with E-state index in [1.807, 2.05) is 31.2 Å². The summed E-state index contributed by atoms with van der Waals surface area (Å²) in [4.78, 5) is 16.4. The van der Waals surface area contributed by atoms with Crippen molar-refractivity contribution in [2.24, 2.45) is 0 Å². The fourth-order valence-corrected chi connectivity index (χ4v) is 2.36. The van der Waals surface area contributed by atoms with Crippen molar-refractivity contribution < 1.29 is 18.5 Å². The van der Waals surface area contributed by atoms with E-state index in [4.69, 9.17) is 13.7 Å². The molecule has 2 aromatic heterocycles. The lowest BCUT2D eigenvalue weighted by atomic mass is 10.1. The zero-order chi connectivity index (χ0) is 17.8. The van der Waals surface area contributed by atoms with E-state index in [9.17, 15) is 4.79 Å². The molecule has 3 aromatic rings. The van der Waals surface area contributed by atoms with Gasteiger partial charge in [0.2, 0.25) is 5.76 Å². The molecule has 0 aliphatic rings. The van der Waals surface area contributed by atoms with Gasteiger partial charge in [-0.25, -0.2) is 4.98 Å². The number of nitrogens with one attached hydrogen (secondary N) is 1. The van der Waals surface area contributed by atoms with Crippen molar-refractivity contribution >= 4 is 5.91 Å². The zero-order valence-electron chi connectivity index (χ0n) is 14.3. The van der Waals surface area contributed by atoms with E-state index in [1.54, 1.807) is 20.1 Å². The van der Waals surface area contributed by atoms with E-state index in [2.05, 4.69) is 15.5 Å². The van der Waals surface area contributed by atoms with Crippen LogP contribution in [-0.4, -0.2) is 23.2 Å². The Hall–Kier alpha value is -3.09. The molecule has 0 saturated carbocycles. The Morgan fingerprint density at radius 3 is 2.68 bits per heavy atom. The summed E-state index contributed by atoms with van der Waals surface area (Å²) in [5.74, 6) is 1.77. The second kappa shape index (κ2) is 7.21. The lowest BCUT2D eigenvalue weighted by Crippen LogP contribution is -2.22. The van der Waals surface area contributed by atoms with Gasteiger partial charge in [0.25, 0.3) is 5.91 Å². The third-order valence-corrected chi connectivity index (χ3v) is 3.72. The molecule has 7 heteroatoms. The molecule has 0 aliphatic carbocycles. The third-order valence-electron chi connectivity index (χ3n) is 3.72. The smallest absolute Gasteiger partial charge is 0.289 e. The number of methoxy groups -OCH3 is 1. The molecule has 0 atom stereocenters. The first kappa shape index (κ1) is 16.8. The number of benzene rings is 1. The first-order valence-corrected chi connectivity index (χ1v) is 7.95. The number of carbonyl (C=O) groups excluding carboxylic acids is 1. The number of aryl methyl sites for hydroxylation is 2. The van der Waals surface area contributed by atoms with Crippen LogP contribution in [0.4, 0.5) is 0 Å². The number of aromatic nitrogens is 2. The SMILES string of the molecule is CCc1nc(C)c(C(=O)NCc2cc(-c3ccc(OC)cc3)no2)o1. The highest BCUT2D eigenvalue weighted by Crippen LogP contribution is 2.22. The molecule has 25 heavy (non-hydrogen) atoms. The summed E-state index contributed by atoms with van der Waals surface area (Å²) in [6.07, 6.45) is 0.640. The largest absolute Gasteiger partial charge is 0.497 e. The van der Waals surface area contributed by atoms with Gasteiger partial charge < -0.3 is 19.0 Å². The van der Waals surface area contributed by atoms with Crippen LogP contribution in [-0.2, 0) is 13.0 Å². The Balaban J connectivity index is 1.64. The van der Waals surface area contributed by atoms with Crippen molar-refractivity contribution in [1.82, 2.24) is 15.5 Å². The van der Waals surface area contributed by atoms with E-state index < -0.39 is 0 Å². The van der Waals surface area contributed by atoms with Crippen LogP contribution in [0.25, 0.3) is 11.3 Å². The number of hydrogen-bond acceptors (Lipinski definition) is 6. The number of nitrogens with zero attached hydrogens (tertiary/aromatic N) is 2. The summed E-state index contributed by atoms with van der Waals surface area (Å²) >= 11 is 0. The van der Waals surface area contributed by atoms with E-state index in [0.29, 0.717) is 29.5 Å². The molecule has 0 spiro atoms.